The van der Waals surface area contributed by atoms with Crippen molar-refractivity contribution < 1.29 is 9.59 Å². The summed E-state index contributed by atoms with van der Waals surface area (Å²) in [5, 5.41) is 6.53. The molecule has 1 aliphatic rings. The molecule has 0 aliphatic carbocycles. The SMILES string of the molecule is CC(C)N(C)CCNC(=O)C1=NNC(=O)CC1. The second-order valence-corrected chi connectivity index (χ2v) is 4.42. The highest BCUT2D eigenvalue weighted by atomic mass is 16.2. The Morgan fingerprint density at radius 2 is 2.24 bits per heavy atom. The number of carbonyl (C=O) groups is 2. The normalized spacial score (nSPS) is 15.8. The van der Waals surface area contributed by atoms with Crippen molar-refractivity contribution in [2.45, 2.75) is 32.7 Å². The molecule has 2 amide bonds. The summed E-state index contributed by atoms with van der Waals surface area (Å²) in [6.07, 6.45) is 0.746. The lowest BCUT2D eigenvalue weighted by atomic mass is 10.1. The number of likely N-dealkylation sites (N-methyl/N-ethyl adjacent to an activating group) is 1. The van der Waals surface area contributed by atoms with Gasteiger partial charge < -0.3 is 10.2 Å². The Bertz CT molecular complexity index is 325. The second-order valence-electron chi connectivity index (χ2n) is 4.42. The molecule has 0 atom stereocenters. The smallest absolute Gasteiger partial charge is 0.267 e. The molecule has 17 heavy (non-hydrogen) atoms. The van der Waals surface area contributed by atoms with Crippen LogP contribution in [0.1, 0.15) is 26.7 Å². The molecule has 0 saturated heterocycles. The van der Waals surface area contributed by atoms with E-state index in [9.17, 15) is 9.59 Å². The lowest BCUT2D eigenvalue weighted by Crippen LogP contribution is -2.41. The van der Waals surface area contributed by atoms with Gasteiger partial charge in [-0.3, -0.25) is 9.59 Å². The van der Waals surface area contributed by atoms with E-state index in [1.165, 1.54) is 0 Å². The number of nitrogens with one attached hydrogen (secondary N) is 2. The fraction of sp³-hybridized carbons (Fsp3) is 0.727. The molecular weight excluding hydrogens is 220 g/mol. The molecule has 6 nitrogen and oxygen atoms in total. The van der Waals surface area contributed by atoms with E-state index < -0.39 is 0 Å². The van der Waals surface area contributed by atoms with Gasteiger partial charge in [0.25, 0.3) is 5.91 Å². The van der Waals surface area contributed by atoms with E-state index in [4.69, 9.17) is 0 Å². The molecule has 0 aromatic carbocycles. The first-order chi connectivity index (χ1) is 8.00. The van der Waals surface area contributed by atoms with Gasteiger partial charge in [0.15, 0.2) is 0 Å². The Balaban J connectivity index is 2.28. The van der Waals surface area contributed by atoms with Gasteiger partial charge in [0.05, 0.1) is 0 Å². The van der Waals surface area contributed by atoms with E-state index >= 15 is 0 Å². The highest BCUT2D eigenvalue weighted by Crippen LogP contribution is 1.99. The number of nitrogens with zero attached hydrogens (tertiary/aromatic N) is 2. The molecular formula is C11H20N4O2. The van der Waals surface area contributed by atoms with Gasteiger partial charge in [-0.2, -0.15) is 5.10 Å². The molecule has 1 rings (SSSR count). The van der Waals surface area contributed by atoms with Crippen molar-refractivity contribution in [1.82, 2.24) is 15.6 Å². The van der Waals surface area contributed by atoms with E-state index in [-0.39, 0.29) is 11.8 Å². The molecule has 0 aromatic rings. The lowest BCUT2D eigenvalue weighted by Gasteiger charge is -2.21. The first-order valence-electron chi connectivity index (χ1n) is 5.84. The van der Waals surface area contributed by atoms with E-state index in [2.05, 4.69) is 34.6 Å². The van der Waals surface area contributed by atoms with Crippen LogP contribution in [0.2, 0.25) is 0 Å². The van der Waals surface area contributed by atoms with Gasteiger partial charge in [-0.25, -0.2) is 5.43 Å². The minimum Gasteiger partial charge on any atom is -0.350 e. The Hall–Kier alpha value is -1.43. The number of rotatable bonds is 5. The van der Waals surface area contributed by atoms with E-state index in [1.54, 1.807) is 0 Å². The maximum atomic E-state index is 11.6. The van der Waals surface area contributed by atoms with Crippen LogP contribution in [0.3, 0.4) is 0 Å². The number of hydrogen-bond donors (Lipinski definition) is 2. The number of carbonyl (C=O) groups excluding carboxylic acids is 2. The summed E-state index contributed by atoms with van der Waals surface area (Å²) in [5.41, 5.74) is 2.71. The van der Waals surface area contributed by atoms with Crippen LogP contribution in [-0.2, 0) is 9.59 Å². The van der Waals surface area contributed by atoms with Crippen molar-refractivity contribution in [3.05, 3.63) is 0 Å². The average molecular weight is 240 g/mol. The Labute approximate surface area is 101 Å². The third kappa shape index (κ3) is 4.52. The fourth-order valence-electron chi connectivity index (χ4n) is 1.34. The van der Waals surface area contributed by atoms with Crippen molar-refractivity contribution in [2.75, 3.05) is 20.1 Å². The summed E-state index contributed by atoms with van der Waals surface area (Å²) in [7, 11) is 2.01. The van der Waals surface area contributed by atoms with Gasteiger partial charge in [-0.05, 0) is 20.9 Å². The maximum Gasteiger partial charge on any atom is 0.267 e. The molecule has 0 bridgehead atoms. The van der Waals surface area contributed by atoms with Gasteiger partial charge in [-0.1, -0.05) is 0 Å². The molecule has 0 radical (unpaired) electrons. The van der Waals surface area contributed by atoms with Crippen LogP contribution in [0.5, 0.6) is 0 Å². The number of amides is 2. The third-order valence-corrected chi connectivity index (χ3v) is 2.80. The summed E-state index contributed by atoms with van der Waals surface area (Å²) >= 11 is 0. The average Bonchev–Trinajstić information content (AvgIpc) is 2.29. The van der Waals surface area contributed by atoms with Crippen LogP contribution in [0.25, 0.3) is 0 Å². The van der Waals surface area contributed by atoms with Gasteiger partial charge in [0.1, 0.15) is 5.71 Å². The van der Waals surface area contributed by atoms with E-state index in [0.29, 0.717) is 31.1 Å². The standard InChI is InChI=1S/C11H20N4O2/c1-8(2)15(3)7-6-12-11(17)9-4-5-10(16)14-13-9/h8H,4-7H2,1-3H3,(H,12,17)(H,14,16). The van der Waals surface area contributed by atoms with Crippen LogP contribution in [0.4, 0.5) is 0 Å². The molecule has 0 unspecified atom stereocenters. The highest BCUT2D eigenvalue weighted by molar-refractivity contribution is 6.39. The molecule has 6 heteroatoms. The minimum atomic E-state index is -0.192. The summed E-state index contributed by atoms with van der Waals surface area (Å²) in [6.45, 7) is 5.58. The number of hydrogen-bond acceptors (Lipinski definition) is 4. The Morgan fingerprint density at radius 1 is 1.53 bits per heavy atom. The zero-order valence-corrected chi connectivity index (χ0v) is 10.6. The first kappa shape index (κ1) is 13.6. The van der Waals surface area contributed by atoms with Crippen molar-refractivity contribution in [3.8, 4) is 0 Å². The second kappa shape index (κ2) is 6.34. The zero-order chi connectivity index (χ0) is 12.8. The van der Waals surface area contributed by atoms with Crippen LogP contribution >= 0.6 is 0 Å². The number of hydrazone groups is 1. The van der Waals surface area contributed by atoms with Crippen molar-refractivity contribution in [2.24, 2.45) is 5.10 Å². The van der Waals surface area contributed by atoms with Crippen LogP contribution in [0, 0.1) is 0 Å². The molecule has 1 heterocycles. The van der Waals surface area contributed by atoms with Crippen LogP contribution < -0.4 is 10.7 Å². The Kier molecular flexibility index (Phi) is 5.09. The largest absolute Gasteiger partial charge is 0.350 e. The first-order valence-corrected chi connectivity index (χ1v) is 5.84. The molecule has 0 saturated carbocycles. The summed E-state index contributed by atoms with van der Waals surface area (Å²) in [5.74, 6) is -0.330. The van der Waals surface area contributed by atoms with Crippen molar-refractivity contribution in [3.63, 3.8) is 0 Å². The zero-order valence-electron chi connectivity index (χ0n) is 10.6. The van der Waals surface area contributed by atoms with Crippen LogP contribution in [0.15, 0.2) is 5.10 Å². The van der Waals surface area contributed by atoms with Crippen LogP contribution in [-0.4, -0.2) is 48.6 Å². The monoisotopic (exact) mass is 240 g/mol. The minimum absolute atomic E-state index is 0.138. The predicted octanol–water partition coefficient (Wildman–Crippen LogP) is -0.291. The molecule has 1 aliphatic heterocycles. The quantitative estimate of drug-likeness (QED) is 0.693. The fourth-order valence-corrected chi connectivity index (χ4v) is 1.34. The van der Waals surface area contributed by atoms with Gasteiger partial charge >= 0.3 is 0 Å². The van der Waals surface area contributed by atoms with Crippen molar-refractivity contribution >= 4 is 17.5 Å². The van der Waals surface area contributed by atoms with E-state index in [1.807, 2.05) is 7.05 Å². The molecule has 0 spiro atoms. The molecule has 96 valence electrons. The summed E-state index contributed by atoms with van der Waals surface area (Å²) in [4.78, 5) is 24.6. The summed E-state index contributed by atoms with van der Waals surface area (Å²) < 4.78 is 0. The lowest BCUT2D eigenvalue weighted by molar-refractivity contribution is -0.121. The predicted molar refractivity (Wildman–Crippen MR) is 65.6 cm³/mol. The highest BCUT2D eigenvalue weighted by Gasteiger charge is 2.17. The molecule has 0 fully saturated rings. The maximum absolute atomic E-state index is 11.6. The third-order valence-electron chi connectivity index (χ3n) is 2.80. The van der Waals surface area contributed by atoms with Gasteiger partial charge in [-0.15, -0.1) is 0 Å². The van der Waals surface area contributed by atoms with E-state index in [0.717, 1.165) is 6.54 Å². The van der Waals surface area contributed by atoms with Gasteiger partial charge in [0, 0.05) is 32.0 Å². The Morgan fingerprint density at radius 3 is 2.76 bits per heavy atom. The van der Waals surface area contributed by atoms with Gasteiger partial charge in [0.2, 0.25) is 5.91 Å². The van der Waals surface area contributed by atoms with Crippen molar-refractivity contribution in [1.29, 1.82) is 0 Å². The molecule has 0 aromatic heterocycles. The topological polar surface area (TPSA) is 73.8 Å². The summed E-state index contributed by atoms with van der Waals surface area (Å²) in [6, 6.07) is 0.457. The molecule has 2 N–H and O–H groups in total.